The first-order chi connectivity index (χ1) is 9.73. The second-order valence-electron chi connectivity index (χ2n) is 5.35. The summed E-state index contributed by atoms with van der Waals surface area (Å²) in [4.78, 5) is 25.0. The molecule has 2 atom stereocenters. The number of rotatable bonds is 2. The van der Waals surface area contributed by atoms with E-state index in [9.17, 15) is 9.59 Å². The average molecular weight is 264 g/mol. The van der Waals surface area contributed by atoms with Crippen LogP contribution >= 0.6 is 0 Å². The van der Waals surface area contributed by atoms with Crippen LogP contribution in [-0.4, -0.2) is 11.8 Å². The van der Waals surface area contributed by atoms with Gasteiger partial charge in [0, 0.05) is 11.5 Å². The van der Waals surface area contributed by atoms with Crippen molar-refractivity contribution in [2.75, 3.05) is 0 Å². The summed E-state index contributed by atoms with van der Waals surface area (Å²) in [6, 6.07) is 16.4. The number of fused-ring (bicyclic) bond motifs is 3. The summed E-state index contributed by atoms with van der Waals surface area (Å²) in [6.07, 6.45) is 0.552. The molecule has 0 spiro atoms. The smallest absolute Gasteiger partial charge is 0.326 e. The Morgan fingerprint density at radius 2 is 1.75 bits per heavy atom. The number of esters is 1. The normalized spacial score (nSPS) is 26.2. The Morgan fingerprint density at radius 3 is 2.55 bits per heavy atom. The summed E-state index contributed by atoms with van der Waals surface area (Å²) in [5, 5.41) is 0. The van der Waals surface area contributed by atoms with Crippen molar-refractivity contribution in [1.82, 2.24) is 0 Å². The Balaban J connectivity index is 1.78. The molecular formula is C17H12O3. The van der Waals surface area contributed by atoms with Gasteiger partial charge in [-0.3, -0.25) is 9.59 Å². The van der Waals surface area contributed by atoms with Crippen LogP contribution in [0, 0.1) is 5.41 Å². The van der Waals surface area contributed by atoms with Gasteiger partial charge >= 0.3 is 5.97 Å². The van der Waals surface area contributed by atoms with E-state index in [4.69, 9.17) is 4.74 Å². The van der Waals surface area contributed by atoms with Crippen molar-refractivity contribution in [3.05, 3.63) is 65.7 Å². The van der Waals surface area contributed by atoms with Crippen LogP contribution in [0.25, 0.3) is 0 Å². The van der Waals surface area contributed by atoms with Crippen LogP contribution in [0.4, 0.5) is 0 Å². The highest BCUT2D eigenvalue weighted by Gasteiger charge is 2.69. The molecule has 0 radical (unpaired) electrons. The maximum atomic E-state index is 12.7. The minimum absolute atomic E-state index is 0.0346. The highest BCUT2D eigenvalue weighted by Crippen LogP contribution is 2.65. The lowest BCUT2D eigenvalue weighted by atomic mass is 9.88. The monoisotopic (exact) mass is 264 g/mol. The first-order valence-electron chi connectivity index (χ1n) is 6.64. The molecule has 0 unspecified atom stereocenters. The number of hydrogen-bond acceptors (Lipinski definition) is 3. The topological polar surface area (TPSA) is 43.4 Å². The third-order valence-electron chi connectivity index (χ3n) is 4.26. The maximum Gasteiger partial charge on any atom is 0.326 e. The molecule has 1 saturated carbocycles. The fraction of sp³-hybridized carbons (Fsp3) is 0.176. The van der Waals surface area contributed by atoms with E-state index < -0.39 is 11.4 Å². The van der Waals surface area contributed by atoms with Crippen LogP contribution in [0.5, 0.6) is 5.75 Å². The number of ether oxygens (including phenoxy) is 1. The zero-order chi connectivity index (χ0) is 13.7. The van der Waals surface area contributed by atoms with Gasteiger partial charge in [0.05, 0.1) is 0 Å². The predicted octanol–water partition coefficient (Wildman–Crippen LogP) is 2.96. The summed E-state index contributed by atoms with van der Waals surface area (Å²) in [5.41, 5.74) is 0.554. The van der Waals surface area contributed by atoms with E-state index in [0.717, 1.165) is 5.56 Å². The molecule has 0 bridgehead atoms. The Morgan fingerprint density at radius 1 is 1.05 bits per heavy atom. The fourth-order valence-corrected chi connectivity index (χ4v) is 3.11. The number of ketones is 1. The molecule has 2 aliphatic rings. The molecular weight excluding hydrogens is 252 g/mol. The molecule has 0 saturated heterocycles. The van der Waals surface area contributed by atoms with Crippen molar-refractivity contribution in [3.63, 3.8) is 0 Å². The lowest BCUT2D eigenvalue weighted by molar-refractivity contribution is -0.139. The van der Waals surface area contributed by atoms with Gasteiger partial charge in [0.25, 0.3) is 0 Å². The van der Waals surface area contributed by atoms with E-state index in [1.807, 2.05) is 36.4 Å². The SMILES string of the molecule is O=C1Oc2ccccc2[C@H]2C[C@@]12C(=O)c1ccccc1. The first-order valence-corrected chi connectivity index (χ1v) is 6.64. The molecule has 4 rings (SSSR count). The Labute approximate surface area is 116 Å². The van der Waals surface area contributed by atoms with Crippen LogP contribution in [0.15, 0.2) is 54.6 Å². The van der Waals surface area contributed by atoms with Gasteiger partial charge < -0.3 is 4.74 Å². The van der Waals surface area contributed by atoms with E-state index in [2.05, 4.69) is 0 Å². The largest absolute Gasteiger partial charge is 0.425 e. The maximum absolute atomic E-state index is 12.7. The van der Waals surface area contributed by atoms with Gasteiger partial charge in [-0.1, -0.05) is 48.5 Å². The minimum Gasteiger partial charge on any atom is -0.425 e. The number of carbonyl (C=O) groups excluding carboxylic acids is 2. The third-order valence-corrected chi connectivity index (χ3v) is 4.26. The van der Waals surface area contributed by atoms with Gasteiger partial charge in [0.15, 0.2) is 5.78 Å². The lowest BCUT2D eigenvalue weighted by Gasteiger charge is -2.22. The number of carbonyl (C=O) groups is 2. The van der Waals surface area contributed by atoms with Crippen molar-refractivity contribution in [2.45, 2.75) is 12.3 Å². The molecule has 0 N–H and O–H groups in total. The summed E-state index contributed by atoms with van der Waals surface area (Å²) < 4.78 is 5.37. The summed E-state index contributed by atoms with van der Waals surface area (Å²) in [7, 11) is 0. The first kappa shape index (κ1) is 11.4. The Kier molecular flexibility index (Phi) is 2.16. The van der Waals surface area contributed by atoms with Crippen LogP contribution in [0.1, 0.15) is 28.3 Å². The lowest BCUT2D eigenvalue weighted by Crippen LogP contribution is -2.34. The van der Waals surface area contributed by atoms with E-state index in [-0.39, 0.29) is 11.7 Å². The molecule has 0 aromatic heterocycles. The predicted molar refractivity (Wildman–Crippen MR) is 72.6 cm³/mol. The Hall–Kier alpha value is -2.42. The van der Waals surface area contributed by atoms with Crippen molar-refractivity contribution in [1.29, 1.82) is 0 Å². The van der Waals surface area contributed by atoms with Crippen LogP contribution < -0.4 is 4.74 Å². The molecule has 1 aliphatic carbocycles. The number of hydrogen-bond donors (Lipinski definition) is 0. The molecule has 2 aromatic rings. The van der Waals surface area contributed by atoms with Crippen LogP contribution in [0.3, 0.4) is 0 Å². The molecule has 1 fully saturated rings. The third kappa shape index (κ3) is 1.35. The average Bonchev–Trinajstić information content (AvgIpc) is 3.25. The van der Waals surface area contributed by atoms with E-state index in [1.54, 1.807) is 18.2 Å². The van der Waals surface area contributed by atoms with Crippen molar-refractivity contribution in [3.8, 4) is 5.75 Å². The van der Waals surface area contributed by atoms with Crippen LogP contribution in [0.2, 0.25) is 0 Å². The van der Waals surface area contributed by atoms with Crippen molar-refractivity contribution in [2.24, 2.45) is 5.41 Å². The van der Waals surface area contributed by atoms with Gasteiger partial charge in [-0.2, -0.15) is 0 Å². The molecule has 2 aromatic carbocycles. The highest BCUT2D eigenvalue weighted by molar-refractivity contribution is 6.17. The fourth-order valence-electron chi connectivity index (χ4n) is 3.11. The molecule has 1 heterocycles. The second kappa shape index (κ2) is 3.79. The molecule has 0 amide bonds. The number of para-hydroxylation sites is 1. The van der Waals surface area contributed by atoms with E-state index in [0.29, 0.717) is 17.7 Å². The minimum atomic E-state index is -0.990. The Bertz CT molecular complexity index is 720. The van der Waals surface area contributed by atoms with Gasteiger partial charge in [-0.25, -0.2) is 0 Å². The number of benzene rings is 2. The zero-order valence-electron chi connectivity index (χ0n) is 10.7. The van der Waals surface area contributed by atoms with Gasteiger partial charge in [-0.15, -0.1) is 0 Å². The summed E-state index contributed by atoms with van der Waals surface area (Å²) in [5.74, 6) is 0.0294. The van der Waals surface area contributed by atoms with Gasteiger partial charge in [0.1, 0.15) is 11.2 Å². The molecule has 3 nitrogen and oxygen atoms in total. The van der Waals surface area contributed by atoms with Crippen LogP contribution in [-0.2, 0) is 4.79 Å². The molecule has 1 aliphatic heterocycles. The van der Waals surface area contributed by atoms with Crippen molar-refractivity contribution < 1.29 is 14.3 Å². The standard InChI is InChI=1S/C17H12O3/c18-15(11-6-2-1-3-7-11)17-10-13(17)12-8-4-5-9-14(12)20-16(17)19/h1-9,13H,10H2/t13-,17-/m1/s1. The second-order valence-corrected chi connectivity index (χ2v) is 5.35. The number of Topliss-reactive ketones (excluding diaryl/α,β-unsaturated/α-hetero) is 1. The quantitative estimate of drug-likeness (QED) is 0.362. The van der Waals surface area contributed by atoms with Gasteiger partial charge in [0.2, 0.25) is 0 Å². The summed E-state index contributed by atoms with van der Waals surface area (Å²) in [6.45, 7) is 0. The van der Waals surface area contributed by atoms with E-state index >= 15 is 0 Å². The molecule has 20 heavy (non-hydrogen) atoms. The molecule has 3 heteroatoms. The zero-order valence-corrected chi connectivity index (χ0v) is 10.7. The van der Waals surface area contributed by atoms with Gasteiger partial charge in [-0.05, 0) is 18.1 Å². The van der Waals surface area contributed by atoms with Crippen molar-refractivity contribution >= 4 is 11.8 Å². The highest BCUT2D eigenvalue weighted by atomic mass is 16.5. The van der Waals surface area contributed by atoms with E-state index in [1.165, 1.54) is 0 Å². The summed E-state index contributed by atoms with van der Waals surface area (Å²) >= 11 is 0. The molecule has 98 valence electrons.